The highest BCUT2D eigenvalue weighted by Gasteiger charge is 2.34. The maximum Gasteiger partial charge on any atom is 0.305 e. The molecule has 8 atom stereocenters. The number of carbonyl (C=O) groups excluding carboxylic acids is 10. The van der Waals surface area contributed by atoms with Crippen LogP contribution in [-0.2, 0) is 67.1 Å². The third kappa shape index (κ3) is 34.9. The van der Waals surface area contributed by atoms with Gasteiger partial charge in [-0.2, -0.15) is 11.8 Å². The number of aliphatic imine (C=N–C) groups is 2. The number of guanidine groups is 2. The second-order valence-corrected chi connectivity index (χ2v) is 17.9. The van der Waals surface area contributed by atoms with E-state index in [0.29, 0.717) is 0 Å². The number of carboxylic acids is 4. The van der Waals surface area contributed by atoms with Crippen LogP contribution in [0.1, 0.15) is 97.8 Å². The van der Waals surface area contributed by atoms with E-state index in [-0.39, 0.29) is 62.9 Å². The van der Waals surface area contributed by atoms with Crippen molar-refractivity contribution in [3.05, 3.63) is 0 Å². The molecular formula is C43H74N16O18S. The Morgan fingerprint density at radius 3 is 1.06 bits per heavy atom. The zero-order chi connectivity index (χ0) is 60.2. The Balaban J connectivity index is 0. The van der Waals surface area contributed by atoms with Gasteiger partial charge in [0.2, 0.25) is 59.1 Å². The zero-order valence-electron chi connectivity index (χ0n) is 43.5. The maximum absolute atomic E-state index is 14.1. The van der Waals surface area contributed by atoms with E-state index in [9.17, 15) is 67.4 Å². The SMILES string of the molecule is CC(=O)O.CSCCC(NC(=O)C(CCC(=O)O)NC(=O)C(CCC(=O)O)NC(C)=O)C(=O)NC(CCC(N)=O)C(=O)NC(CCCN=C(N)N)C(=O)NC(CCCN=C(N)N)C(=O)NC(C)C(=O)NC(CC(=O)O)C(N)=O. The summed E-state index contributed by atoms with van der Waals surface area (Å²) in [6.45, 7) is 3.20. The van der Waals surface area contributed by atoms with E-state index in [1.54, 1.807) is 6.26 Å². The molecule has 78 heavy (non-hydrogen) atoms. The average Bonchev–Trinajstić information content (AvgIpc) is 3.31. The van der Waals surface area contributed by atoms with Gasteiger partial charge < -0.3 is 97.4 Å². The monoisotopic (exact) mass is 1130 g/mol. The largest absolute Gasteiger partial charge is 0.481 e. The lowest BCUT2D eigenvalue weighted by Crippen LogP contribution is -2.60. The predicted molar refractivity (Wildman–Crippen MR) is 277 cm³/mol. The molecule has 0 spiro atoms. The van der Waals surface area contributed by atoms with Crippen molar-refractivity contribution >= 4 is 107 Å². The van der Waals surface area contributed by atoms with Crippen LogP contribution in [0.25, 0.3) is 0 Å². The quantitative estimate of drug-likeness (QED) is 0.0155. The van der Waals surface area contributed by atoms with Crippen molar-refractivity contribution in [2.24, 2.45) is 44.4 Å². The van der Waals surface area contributed by atoms with Gasteiger partial charge in [0, 0.05) is 46.2 Å². The van der Waals surface area contributed by atoms with Crippen LogP contribution in [0.15, 0.2) is 9.98 Å². The molecule has 0 aromatic heterocycles. The lowest BCUT2D eigenvalue weighted by atomic mass is 10.0. The van der Waals surface area contributed by atoms with Crippen molar-refractivity contribution in [3.8, 4) is 0 Å². The van der Waals surface area contributed by atoms with Gasteiger partial charge in [-0.15, -0.1) is 0 Å². The van der Waals surface area contributed by atoms with Gasteiger partial charge in [-0.3, -0.25) is 77.1 Å². The van der Waals surface area contributed by atoms with Gasteiger partial charge in [-0.25, -0.2) is 0 Å². The summed E-state index contributed by atoms with van der Waals surface area (Å²) in [5.41, 5.74) is 32.3. The summed E-state index contributed by atoms with van der Waals surface area (Å²) in [4.78, 5) is 182. The molecule has 0 bridgehead atoms. The van der Waals surface area contributed by atoms with Gasteiger partial charge in [0.05, 0.1) is 6.42 Å². The summed E-state index contributed by atoms with van der Waals surface area (Å²) in [5, 5.41) is 53.8. The first kappa shape index (κ1) is 71.5. The molecular weight excluding hydrogens is 1060 g/mol. The number of nitrogens with zero attached hydrogens (tertiary/aromatic N) is 2. The van der Waals surface area contributed by atoms with Crippen LogP contribution in [0.2, 0.25) is 0 Å². The van der Waals surface area contributed by atoms with E-state index >= 15 is 0 Å². The number of hydrogen-bond donors (Lipinski definition) is 18. The zero-order valence-corrected chi connectivity index (χ0v) is 44.3. The molecule has 8 unspecified atom stereocenters. The molecule has 0 aromatic rings. The summed E-state index contributed by atoms with van der Waals surface area (Å²) in [6, 6.07) is -12.5. The second-order valence-electron chi connectivity index (χ2n) is 16.9. The Morgan fingerprint density at radius 2 is 0.756 bits per heavy atom. The summed E-state index contributed by atoms with van der Waals surface area (Å²) in [7, 11) is 0. The van der Waals surface area contributed by atoms with Crippen molar-refractivity contribution in [2.45, 2.75) is 146 Å². The first-order valence-corrected chi connectivity index (χ1v) is 25.1. The fourth-order valence-corrected chi connectivity index (χ4v) is 6.83. The van der Waals surface area contributed by atoms with Crippen LogP contribution in [0.3, 0.4) is 0 Å². The van der Waals surface area contributed by atoms with Crippen LogP contribution in [0, 0.1) is 0 Å². The third-order valence-electron chi connectivity index (χ3n) is 10.1. The molecule has 24 N–H and O–H groups in total. The second kappa shape index (κ2) is 38.9. The molecule has 34 nitrogen and oxygen atoms in total. The van der Waals surface area contributed by atoms with Crippen molar-refractivity contribution < 1.29 is 87.5 Å². The Kier molecular flexibility index (Phi) is 35.7. The number of hydrogen-bond acceptors (Lipinski definition) is 17. The summed E-state index contributed by atoms with van der Waals surface area (Å²) >= 11 is 1.23. The van der Waals surface area contributed by atoms with E-state index in [2.05, 4.69) is 52.5 Å². The van der Waals surface area contributed by atoms with Crippen LogP contribution >= 0.6 is 11.8 Å². The lowest BCUT2D eigenvalue weighted by Gasteiger charge is -2.28. The van der Waals surface area contributed by atoms with Crippen molar-refractivity contribution in [3.63, 3.8) is 0 Å². The van der Waals surface area contributed by atoms with Crippen LogP contribution in [0.5, 0.6) is 0 Å². The highest BCUT2D eigenvalue weighted by Crippen LogP contribution is 2.10. The Hall–Kier alpha value is -8.53. The molecule has 35 heteroatoms. The van der Waals surface area contributed by atoms with Gasteiger partial charge in [-0.1, -0.05) is 0 Å². The van der Waals surface area contributed by atoms with Gasteiger partial charge in [0.15, 0.2) is 11.9 Å². The molecule has 0 radical (unpaired) electrons. The molecule has 0 aromatic carbocycles. The van der Waals surface area contributed by atoms with Crippen LogP contribution in [0.4, 0.5) is 0 Å². The molecule has 0 fully saturated rings. The van der Waals surface area contributed by atoms with Gasteiger partial charge in [0.1, 0.15) is 48.3 Å². The molecule has 0 rings (SSSR count). The molecule has 0 aliphatic rings. The van der Waals surface area contributed by atoms with Gasteiger partial charge in [0.25, 0.3) is 5.97 Å². The van der Waals surface area contributed by atoms with E-state index in [1.165, 1.54) is 18.7 Å². The van der Waals surface area contributed by atoms with E-state index in [4.69, 9.17) is 54.5 Å². The smallest absolute Gasteiger partial charge is 0.305 e. The molecule has 0 saturated heterocycles. The predicted octanol–water partition coefficient (Wildman–Crippen LogP) is -7.19. The van der Waals surface area contributed by atoms with Crippen LogP contribution in [-0.4, -0.2) is 189 Å². The molecule has 0 heterocycles. The van der Waals surface area contributed by atoms with E-state index in [1.807, 2.05) is 0 Å². The minimum absolute atomic E-state index is 0.0119. The van der Waals surface area contributed by atoms with E-state index < -0.39 is 176 Å². The molecule has 0 saturated carbocycles. The fourth-order valence-electron chi connectivity index (χ4n) is 6.36. The van der Waals surface area contributed by atoms with E-state index in [0.717, 1.165) is 13.8 Å². The average molecular weight is 1140 g/mol. The first-order valence-electron chi connectivity index (χ1n) is 23.7. The maximum atomic E-state index is 14.1. The molecule has 440 valence electrons. The Labute approximate surface area is 451 Å². The Morgan fingerprint density at radius 1 is 0.436 bits per heavy atom. The number of nitrogens with one attached hydrogen (secondary N) is 8. The third-order valence-corrected chi connectivity index (χ3v) is 10.8. The van der Waals surface area contributed by atoms with Crippen molar-refractivity contribution in [1.29, 1.82) is 0 Å². The van der Waals surface area contributed by atoms with Crippen molar-refractivity contribution in [2.75, 3.05) is 25.1 Å². The number of amides is 10. The number of primary amides is 2. The first-order chi connectivity index (χ1) is 36.3. The Bertz CT molecular complexity index is 2170. The van der Waals surface area contributed by atoms with Crippen LogP contribution < -0.4 is 76.9 Å². The molecule has 0 aliphatic heterocycles. The fraction of sp³-hybridized carbons (Fsp3) is 0.628. The standard InChI is InChI=1S/C41H70N16O16S.C2H4O2/c1-19(33(67)57-27(32(43)66)18-31(64)65)50-34(68)21(6-4-15-48-40(44)45)52-35(69)22(7-5-16-49-41(46)47)53-37(71)24(8-11-28(42)59)54-39(73)26(14-17-74-3)56-38(72)25(10-13-30(62)63)55-36(70)23(51-20(2)58)9-12-29(60)61;1-2(3)4/h19,21-27H,4-18H2,1-3H3,(H2,42,59)(H2,43,66)(H,50,68)(H,51,58)(H,52,69)(H,53,71)(H,54,73)(H,55,70)(H,56,72)(H,57,67)(H,60,61)(H,62,63)(H,64,65)(H4,44,45,48)(H4,46,47,49);1H3,(H,3,4). The number of carbonyl (C=O) groups is 14. The number of thioether (sulfide) groups is 1. The highest BCUT2D eigenvalue weighted by atomic mass is 32.2. The van der Waals surface area contributed by atoms with Gasteiger partial charge in [-0.05, 0) is 70.3 Å². The number of aliphatic carboxylic acids is 4. The number of nitrogens with two attached hydrogens (primary N) is 6. The lowest BCUT2D eigenvalue weighted by molar-refractivity contribution is -0.140. The topological polar surface area (TPSA) is 597 Å². The highest BCUT2D eigenvalue weighted by molar-refractivity contribution is 7.98. The summed E-state index contributed by atoms with van der Waals surface area (Å²) in [6.07, 6.45) is -2.89. The minimum Gasteiger partial charge on any atom is -0.481 e. The number of rotatable bonds is 38. The summed E-state index contributed by atoms with van der Waals surface area (Å²) in [5.74, 6) is -15.5. The summed E-state index contributed by atoms with van der Waals surface area (Å²) < 4.78 is 0. The normalized spacial score (nSPS) is 13.5. The van der Waals surface area contributed by atoms with Gasteiger partial charge >= 0.3 is 17.9 Å². The molecule has 0 aliphatic carbocycles. The minimum atomic E-state index is -1.67. The number of carboxylic acid groups (broad SMARTS) is 4. The van der Waals surface area contributed by atoms with Crippen molar-refractivity contribution in [1.82, 2.24) is 42.5 Å². The molecule has 10 amide bonds.